The second-order valence-electron chi connectivity index (χ2n) is 6.64. The third kappa shape index (κ3) is 3.51. The van der Waals surface area contributed by atoms with Crippen LogP contribution in [0.2, 0.25) is 0 Å². The van der Waals surface area contributed by atoms with Crippen molar-refractivity contribution in [2.24, 2.45) is 0 Å². The first-order chi connectivity index (χ1) is 11.9. The summed E-state index contributed by atoms with van der Waals surface area (Å²) in [6, 6.07) is 7.59. The van der Waals surface area contributed by atoms with Gasteiger partial charge in [-0.3, -0.25) is 4.79 Å². The Morgan fingerprint density at radius 3 is 2.64 bits per heavy atom. The van der Waals surface area contributed by atoms with Crippen LogP contribution in [-0.4, -0.2) is 47.8 Å². The van der Waals surface area contributed by atoms with Gasteiger partial charge in [-0.05, 0) is 31.5 Å². The van der Waals surface area contributed by atoms with Crippen molar-refractivity contribution in [2.75, 3.05) is 26.8 Å². The van der Waals surface area contributed by atoms with Crippen LogP contribution >= 0.6 is 0 Å². The molecule has 1 aromatic carbocycles. The Morgan fingerprint density at radius 1 is 1.32 bits per heavy atom. The molecule has 1 fully saturated rings. The molecule has 1 atom stereocenters. The second-order valence-corrected chi connectivity index (χ2v) is 6.64. The third-order valence-corrected chi connectivity index (χ3v) is 4.53. The lowest BCUT2D eigenvalue weighted by Gasteiger charge is -2.37. The molecule has 0 radical (unpaired) electrons. The zero-order chi connectivity index (χ0) is 18.0. The molecule has 7 heteroatoms. The van der Waals surface area contributed by atoms with Crippen molar-refractivity contribution < 1.29 is 18.8 Å². The molecule has 0 bridgehead atoms. The fraction of sp³-hybridized carbons (Fsp3) is 0.500. The van der Waals surface area contributed by atoms with E-state index in [2.05, 4.69) is 10.1 Å². The van der Waals surface area contributed by atoms with E-state index < -0.39 is 5.41 Å². The number of hydrogen-bond acceptors (Lipinski definition) is 6. The minimum absolute atomic E-state index is 0.0474. The number of aryl methyl sites for hydroxylation is 1. The molecule has 2 aromatic rings. The standard InChI is InChI=1S/C18H23N3O4/c1-12-19-16(20-25-12)15-11-21(9-10-24-15)17(22)18(2,3)13-5-7-14(23-4)8-6-13/h5-8,15H,9-11H2,1-4H3. The quantitative estimate of drug-likeness (QED) is 0.846. The van der Waals surface area contributed by atoms with Crippen molar-refractivity contribution in [1.82, 2.24) is 15.0 Å². The number of benzene rings is 1. The molecule has 1 aromatic heterocycles. The highest BCUT2D eigenvalue weighted by Crippen LogP contribution is 2.30. The van der Waals surface area contributed by atoms with Crippen molar-refractivity contribution in [3.05, 3.63) is 41.5 Å². The summed E-state index contributed by atoms with van der Waals surface area (Å²) in [5.41, 5.74) is 0.290. The minimum atomic E-state index is -0.651. The summed E-state index contributed by atoms with van der Waals surface area (Å²) < 4.78 is 15.9. The van der Waals surface area contributed by atoms with Crippen LogP contribution in [0.3, 0.4) is 0 Å². The zero-order valence-electron chi connectivity index (χ0n) is 15.0. The van der Waals surface area contributed by atoms with Gasteiger partial charge in [-0.15, -0.1) is 0 Å². The van der Waals surface area contributed by atoms with E-state index in [0.29, 0.717) is 31.4 Å². The molecule has 0 aliphatic carbocycles. The third-order valence-electron chi connectivity index (χ3n) is 4.53. The molecule has 0 N–H and O–H groups in total. The van der Waals surface area contributed by atoms with Gasteiger partial charge in [0.05, 0.1) is 25.7 Å². The van der Waals surface area contributed by atoms with Crippen LogP contribution in [0.4, 0.5) is 0 Å². The first kappa shape index (κ1) is 17.4. The van der Waals surface area contributed by atoms with Gasteiger partial charge >= 0.3 is 0 Å². The normalized spacial score (nSPS) is 18.2. The molecule has 1 aliphatic rings. The van der Waals surface area contributed by atoms with Gasteiger partial charge in [0.1, 0.15) is 11.9 Å². The van der Waals surface area contributed by atoms with E-state index in [0.717, 1.165) is 11.3 Å². The highest BCUT2D eigenvalue weighted by molar-refractivity contribution is 5.87. The number of morpholine rings is 1. The minimum Gasteiger partial charge on any atom is -0.497 e. The van der Waals surface area contributed by atoms with Crippen molar-refractivity contribution in [1.29, 1.82) is 0 Å². The Kier molecular flexibility index (Phi) is 4.76. The number of carbonyl (C=O) groups excluding carboxylic acids is 1. The van der Waals surface area contributed by atoms with Crippen LogP contribution in [-0.2, 0) is 14.9 Å². The Balaban J connectivity index is 1.76. The molecule has 1 saturated heterocycles. The summed E-state index contributed by atoms with van der Waals surface area (Å²) in [5.74, 6) is 1.79. The largest absolute Gasteiger partial charge is 0.497 e. The maximum Gasteiger partial charge on any atom is 0.232 e. The maximum atomic E-state index is 13.1. The van der Waals surface area contributed by atoms with E-state index in [4.69, 9.17) is 14.0 Å². The Hall–Kier alpha value is -2.41. The Bertz CT molecular complexity index is 739. The molecule has 2 heterocycles. The molecule has 25 heavy (non-hydrogen) atoms. The Morgan fingerprint density at radius 2 is 2.04 bits per heavy atom. The summed E-state index contributed by atoms with van der Waals surface area (Å²) in [6.45, 7) is 7.00. The number of ether oxygens (including phenoxy) is 2. The van der Waals surface area contributed by atoms with Gasteiger partial charge in [0.25, 0.3) is 0 Å². The fourth-order valence-corrected chi connectivity index (χ4v) is 2.96. The number of methoxy groups -OCH3 is 1. The van der Waals surface area contributed by atoms with Crippen molar-refractivity contribution in [2.45, 2.75) is 32.3 Å². The van der Waals surface area contributed by atoms with E-state index in [1.807, 2.05) is 43.0 Å². The smallest absolute Gasteiger partial charge is 0.232 e. The van der Waals surface area contributed by atoms with Crippen molar-refractivity contribution >= 4 is 5.91 Å². The van der Waals surface area contributed by atoms with Crippen molar-refractivity contribution in [3.8, 4) is 5.75 Å². The van der Waals surface area contributed by atoms with Gasteiger partial charge in [-0.2, -0.15) is 4.98 Å². The summed E-state index contributed by atoms with van der Waals surface area (Å²) in [5, 5.41) is 3.91. The predicted octanol–water partition coefficient (Wildman–Crippen LogP) is 2.26. The number of aromatic nitrogens is 2. The second kappa shape index (κ2) is 6.84. The fourth-order valence-electron chi connectivity index (χ4n) is 2.96. The summed E-state index contributed by atoms with van der Waals surface area (Å²) >= 11 is 0. The first-order valence-electron chi connectivity index (χ1n) is 8.27. The molecule has 7 nitrogen and oxygen atoms in total. The van der Waals surface area contributed by atoms with Gasteiger partial charge in [0.15, 0.2) is 0 Å². The van der Waals surface area contributed by atoms with E-state index >= 15 is 0 Å². The SMILES string of the molecule is COc1ccc(C(C)(C)C(=O)N2CCOC(c3noc(C)n3)C2)cc1. The topological polar surface area (TPSA) is 77.7 Å². The van der Waals surface area contributed by atoms with Crippen LogP contribution in [0.1, 0.15) is 37.2 Å². The summed E-state index contributed by atoms with van der Waals surface area (Å²) in [6.07, 6.45) is -0.359. The highest BCUT2D eigenvalue weighted by atomic mass is 16.5. The molecule has 134 valence electrons. The highest BCUT2D eigenvalue weighted by Gasteiger charge is 2.37. The predicted molar refractivity (Wildman–Crippen MR) is 90.3 cm³/mol. The number of rotatable bonds is 4. The van der Waals surface area contributed by atoms with Gasteiger partial charge < -0.3 is 18.9 Å². The summed E-state index contributed by atoms with van der Waals surface area (Å²) in [4.78, 5) is 19.2. The first-order valence-corrected chi connectivity index (χ1v) is 8.27. The molecular weight excluding hydrogens is 322 g/mol. The lowest BCUT2D eigenvalue weighted by molar-refractivity contribution is -0.144. The maximum absolute atomic E-state index is 13.1. The van der Waals surface area contributed by atoms with Crippen LogP contribution in [0.15, 0.2) is 28.8 Å². The van der Waals surface area contributed by atoms with E-state index in [-0.39, 0.29) is 12.0 Å². The van der Waals surface area contributed by atoms with Gasteiger partial charge in [-0.1, -0.05) is 17.3 Å². The molecule has 3 rings (SSSR count). The molecule has 0 saturated carbocycles. The van der Waals surface area contributed by atoms with E-state index in [9.17, 15) is 4.79 Å². The van der Waals surface area contributed by atoms with E-state index in [1.165, 1.54) is 0 Å². The Labute approximate surface area is 146 Å². The average Bonchev–Trinajstić information content (AvgIpc) is 3.07. The monoisotopic (exact) mass is 345 g/mol. The molecule has 1 aliphatic heterocycles. The van der Waals surface area contributed by atoms with Crippen LogP contribution in [0.25, 0.3) is 0 Å². The molecule has 0 spiro atoms. The van der Waals surface area contributed by atoms with Crippen molar-refractivity contribution in [3.63, 3.8) is 0 Å². The van der Waals surface area contributed by atoms with Gasteiger partial charge in [-0.25, -0.2) is 0 Å². The van der Waals surface area contributed by atoms with Crippen LogP contribution < -0.4 is 4.74 Å². The average molecular weight is 345 g/mol. The molecule has 1 unspecified atom stereocenters. The summed E-state index contributed by atoms with van der Waals surface area (Å²) in [7, 11) is 1.62. The van der Waals surface area contributed by atoms with Crippen LogP contribution in [0, 0.1) is 6.92 Å². The molecular formula is C18H23N3O4. The zero-order valence-corrected chi connectivity index (χ0v) is 15.0. The molecule has 1 amide bonds. The number of amides is 1. The number of carbonyl (C=O) groups is 1. The van der Waals surface area contributed by atoms with Crippen LogP contribution in [0.5, 0.6) is 5.75 Å². The lowest BCUT2D eigenvalue weighted by atomic mass is 9.83. The number of hydrogen-bond donors (Lipinski definition) is 0. The van der Waals surface area contributed by atoms with Gasteiger partial charge in [0, 0.05) is 13.5 Å². The van der Waals surface area contributed by atoms with Gasteiger partial charge in [0.2, 0.25) is 17.6 Å². The number of nitrogens with zero attached hydrogens (tertiary/aromatic N) is 3. The lowest BCUT2D eigenvalue weighted by Crippen LogP contribution is -2.49. The van der Waals surface area contributed by atoms with E-state index in [1.54, 1.807) is 14.0 Å².